The van der Waals surface area contributed by atoms with Gasteiger partial charge in [0.05, 0.1) is 11.9 Å². The zero-order chi connectivity index (χ0) is 14.5. The van der Waals surface area contributed by atoms with Crippen molar-refractivity contribution in [1.29, 1.82) is 0 Å². The van der Waals surface area contributed by atoms with E-state index in [-0.39, 0.29) is 5.91 Å². The molecule has 2 N–H and O–H groups in total. The van der Waals surface area contributed by atoms with Crippen molar-refractivity contribution in [2.45, 2.75) is 41.0 Å². The summed E-state index contributed by atoms with van der Waals surface area (Å²) >= 11 is 0. The summed E-state index contributed by atoms with van der Waals surface area (Å²) in [6.45, 7) is 11.0. The van der Waals surface area contributed by atoms with Crippen molar-refractivity contribution in [3.05, 3.63) is 18.3 Å². The number of carbonyl (C=O) groups excluding carboxylic acids is 1. The average Bonchev–Trinajstić information content (AvgIpc) is 2.29. The van der Waals surface area contributed by atoms with E-state index in [0.717, 1.165) is 24.5 Å². The Morgan fingerprint density at radius 3 is 2.47 bits per heavy atom. The minimum atomic E-state index is -0.395. The van der Waals surface area contributed by atoms with Crippen molar-refractivity contribution in [1.82, 2.24) is 4.98 Å². The van der Waals surface area contributed by atoms with Gasteiger partial charge in [-0.1, -0.05) is 34.6 Å². The molecule has 1 rings (SSSR count). The fourth-order valence-corrected chi connectivity index (χ4v) is 1.38. The number of hydrogen-bond donors (Lipinski definition) is 2. The van der Waals surface area contributed by atoms with Crippen LogP contribution in [0.2, 0.25) is 0 Å². The maximum absolute atomic E-state index is 11.8. The Kier molecular flexibility index (Phi) is 5.33. The van der Waals surface area contributed by atoms with Crippen molar-refractivity contribution in [2.24, 2.45) is 11.3 Å². The zero-order valence-electron chi connectivity index (χ0n) is 12.6. The molecular weight excluding hydrogens is 238 g/mol. The lowest BCUT2D eigenvalue weighted by Gasteiger charge is -2.17. The number of aromatic nitrogens is 1. The monoisotopic (exact) mass is 263 g/mol. The maximum Gasteiger partial charge on any atom is 0.229 e. The van der Waals surface area contributed by atoms with Crippen molar-refractivity contribution < 1.29 is 4.79 Å². The first-order chi connectivity index (χ1) is 8.79. The summed E-state index contributed by atoms with van der Waals surface area (Å²) < 4.78 is 0. The lowest BCUT2D eigenvalue weighted by molar-refractivity contribution is -0.123. The number of anilines is 2. The maximum atomic E-state index is 11.8. The van der Waals surface area contributed by atoms with E-state index in [1.807, 2.05) is 32.9 Å². The van der Waals surface area contributed by atoms with Crippen molar-refractivity contribution in [3.8, 4) is 0 Å². The molecule has 1 aromatic rings. The summed E-state index contributed by atoms with van der Waals surface area (Å²) in [5, 5.41) is 6.12. The van der Waals surface area contributed by atoms with Gasteiger partial charge in [-0.05, 0) is 24.5 Å². The van der Waals surface area contributed by atoms with Gasteiger partial charge in [-0.2, -0.15) is 0 Å². The summed E-state index contributed by atoms with van der Waals surface area (Å²) in [5.41, 5.74) is 0.336. The second-order valence-electron chi connectivity index (χ2n) is 6.25. The molecule has 0 saturated carbocycles. The summed E-state index contributed by atoms with van der Waals surface area (Å²) in [5.74, 6) is 1.52. The van der Waals surface area contributed by atoms with Gasteiger partial charge in [-0.3, -0.25) is 4.79 Å². The molecule has 0 aliphatic rings. The van der Waals surface area contributed by atoms with E-state index >= 15 is 0 Å². The van der Waals surface area contributed by atoms with E-state index in [1.165, 1.54) is 0 Å². The van der Waals surface area contributed by atoms with Gasteiger partial charge >= 0.3 is 0 Å². The molecule has 1 amide bonds. The molecule has 0 radical (unpaired) electrons. The Morgan fingerprint density at radius 2 is 2.00 bits per heavy atom. The molecule has 0 saturated heterocycles. The van der Waals surface area contributed by atoms with E-state index < -0.39 is 5.41 Å². The number of amides is 1. The SMILES string of the molecule is CC(C)CCNc1ccc(NC(=O)C(C)(C)C)cn1. The Bertz CT molecular complexity index is 404. The van der Waals surface area contributed by atoms with Crippen LogP contribution in [0.5, 0.6) is 0 Å². The van der Waals surface area contributed by atoms with Gasteiger partial charge in [0.15, 0.2) is 0 Å². The van der Waals surface area contributed by atoms with Gasteiger partial charge in [0.1, 0.15) is 5.82 Å². The van der Waals surface area contributed by atoms with Gasteiger partial charge in [-0.15, -0.1) is 0 Å². The lowest BCUT2D eigenvalue weighted by atomic mass is 9.96. The van der Waals surface area contributed by atoms with Crippen LogP contribution in [0.25, 0.3) is 0 Å². The van der Waals surface area contributed by atoms with Crippen molar-refractivity contribution >= 4 is 17.4 Å². The molecular formula is C15H25N3O. The molecule has 19 heavy (non-hydrogen) atoms. The van der Waals surface area contributed by atoms with Crippen LogP contribution in [-0.2, 0) is 4.79 Å². The minimum Gasteiger partial charge on any atom is -0.370 e. The molecule has 0 atom stereocenters. The minimum absolute atomic E-state index is 0.00480. The molecule has 1 aromatic heterocycles. The normalized spacial score (nSPS) is 11.5. The number of pyridine rings is 1. The highest BCUT2D eigenvalue weighted by molar-refractivity contribution is 5.94. The molecule has 0 aliphatic carbocycles. The molecule has 0 unspecified atom stereocenters. The first-order valence-corrected chi connectivity index (χ1v) is 6.80. The third kappa shape index (κ3) is 5.73. The largest absolute Gasteiger partial charge is 0.370 e. The third-order valence-electron chi connectivity index (χ3n) is 2.73. The summed E-state index contributed by atoms with van der Waals surface area (Å²) in [6.07, 6.45) is 2.80. The zero-order valence-corrected chi connectivity index (χ0v) is 12.6. The first-order valence-electron chi connectivity index (χ1n) is 6.80. The van der Waals surface area contributed by atoms with Crippen LogP contribution in [0.15, 0.2) is 18.3 Å². The van der Waals surface area contributed by atoms with E-state index in [1.54, 1.807) is 6.20 Å². The van der Waals surface area contributed by atoms with Gasteiger partial charge in [0, 0.05) is 12.0 Å². The number of rotatable bonds is 5. The van der Waals surface area contributed by atoms with Crippen LogP contribution < -0.4 is 10.6 Å². The van der Waals surface area contributed by atoms with Crippen LogP contribution in [-0.4, -0.2) is 17.4 Å². The summed E-state index contributed by atoms with van der Waals surface area (Å²) in [4.78, 5) is 16.1. The number of carbonyl (C=O) groups is 1. The molecule has 1 heterocycles. The predicted molar refractivity (Wildman–Crippen MR) is 80.3 cm³/mol. The van der Waals surface area contributed by atoms with Gasteiger partial charge in [-0.25, -0.2) is 4.98 Å². The highest BCUT2D eigenvalue weighted by atomic mass is 16.2. The van der Waals surface area contributed by atoms with Crippen LogP contribution >= 0.6 is 0 Å². The molecule has 4 heteroatoms. The molecule has 4 nitrogen and oxygen atoms in total. The molecule has 0 bridgehead atoms. The Hall–Kier alpha value is -1.58. The second-order valence-corrected chi connectivity index (χ2v) is 6.25. The quantitative estimate of drug-likeness (QED) is 0.854. The highest BCUT2D eigenvalue weighted by Crippen LogP contribution is 2.17. The van der Waals surface area contributed by atoms with E-state index in [9.17, 15) is 4.79 Å². The molecule has 106 valence electrons. The van der Waals surface area contributed by atoms with Gasteiger partial charge in [0.25, 0.3) is 0 Å². The summed E-state index contributed by atoms with van der Waals surface area (Å²) in [7, 11) is 0. The Morgan fingerprint density at radius 1 is 1.32 bits per heavy atom. The smallest absolute Gasteiger partial charge is 0.229 e. The molecule has 0 aliphatic heterocycles. The number of hydrogen-bond acceptors (Lipinski definition) is 3. The topological polar surface area (TPSA) is 54.0 Å². The van der Waals surface area contributed by atoms with Gasteiger partial charge in [0.2, 0.25) is 5.91 Å². The van der Waals surface area contributed by atoms with Crippen LogP contribution in [0, 0.1) is 11.3 Å². The van der Waals surface area contributed by atoms with Crippen LogP contribution in [0.3, 0.4) is 0 Å². The second kappa shape index (κ2) is 6.55. The predicted octanol–water partition coefficient (Wildman–Crippen LogP) is 3.52. The fraction of sp³-hybridized carbons (Fsp3) is 0.600. The summed E-state index contributed by atoms with van der Waals surface area (Å²) in [6, 6.07) is 3.76. The molecule has 0 spiro atoms. The van der Waals surface area contributed by atoms with Crippen LogP contribution in [0.4, 0.5) is 11.5 Å². The number of nitrogens with zero attached hydrogens (tertiary/aromatic N) is 1. The standard InChI is InChI=1S/C15H25N3O/c1-11(2)8-9-16-13-7-6-12(10-17-13)18-14(19)15(3,4)5/h6-7,10-11H,8-9H2,1-5H3,(H,16,17)(H,18,19). The third-order valence-corrected chi connectivity index (χ3v) is 2.73. The highest BCUT2D eigenvalue weighted by Gasteiger charge is 2.21. The Labute approximate surface area is 116 Å². The first kappa shape index (κ1) is 15.5. The van der Waals surface area contributed by atoms with Gasteiger partial charge < -0.3 is 10.6 Å². The van der Waals surface area contributed by atoms with Crippen molar-refractivity contribution in [2.75, 3.05) is 17.2 Å². The van der Waals surface area contributed by atoms with Crippen LogP contribution in [0.1, 0.15) is 41.0 Å². The fourth-order valence-electron chi connectivity index (χ4n) is 1.38. The molecule has 0 aromatic carbocycles. The molecule has 0 fully saturated rings. The van der Waals surface area contributed by atoms with E-state index in [2.05, 4.69) is 29.5 Å². The average molecular weight is 263 g/mol. The number of nitrogens with one attached hydrogen (secondary N) is 2. The lowest BCUT2D eigenvalue weighted by Crippen LogP contribution is -2.27. The van der Waals surface area contributed by atoms with Crippen molar-refractivity contribution in [3.63, 3.8) is 0 Å². The Balaban J connectivity index is 2.50. The van der Waals surface area contributed by atoms with E-state index in [4.69, 9.17) is 0 Å². The van der Waals surface area contributed by atoms with E-state index in [0.29, 0.717) is 5.92 Å².